The van der Waals surface area contributed by atoms with E-state index in [4.69, 9.17) is 9.47 Å². The average Bonchev–Trinajstić information content (AvgIpc) is 3.36. The molecule has 0 saturated carbocycles. The van der Waals surface area contributed by atoms with E-state index in [9.17, 15) is 24.9 Å². The van der Waals surface area contributed by atoms with E-state index in [2.05, 4.69) is 38.2 Å². The number of aliphatic hydroxyl groups excluding tert-OH is 2. The number of benzene rings is 3. The molecule has 0 aliphatic rings. The van der Waals surface area contributed by atoms with Crippen LogP contribution in [-0.4, -0.2) is 58.9 Å². The van der Waals surface area contributed by atoms with Gasteiger partial charge in [0.25, 0.3) is 0 Å². The van der Waals surface area contributed by atoms with Crippen molar-refractivity contribution in [2.24, 2.45) is 0 Å². The Morgan fingerprint density at radius 2 is 0.910 bits per heavy atom. The van der Waals surface area contributed by atoms with Crippen molar-refractivity contribution in [1.29, 1.82) is 0 Å². The van der Waals surface area contributed by atoms with E-state index in [-0.39, 0.29) is 18.6 Å². The third-order valence-electron chi connectivity index (χ3n) is 13.6. The van der Waals surface area contributed by atoms with Crippen LogP contribution in [-0.2, 0) is 15.0 Å². The number of carbonyl (C=O) groups is 2. The lowest BCUT2D eigenvalue weighted by atomic mass is 9.59. The van der Waals surface area contributed by atoms with Gasteiger partial charge in [-0.15, -0.1) is 0 Å². The maximum Gasteiger partial charge on any atom is 0.183 e. The minimum Gasteiger partial charge on any atom is -0.493 e. The Balaban J connectivity index is 1.81. The van der Waals surface area contributed by atoms with Crippen LogP contribution in [0.5, 0.6) is 11.5 Å². The zero-order chi connectivity index (χ0) is 48.4. The van der Waals surface area contributed by atoms with Gasteiger partial charge in [-0.1, -0.05) is 214 Å². The van der Waals surface area contributed by atoms with Crippen molar-refractivity contribution in [2.75, 3.05) is 14.2 Å². The Labute approximate surface area is 406 Å². The summed E-state index contributed by atoms with van der Waals surface area (Å²) in [6.45, 7) is 4.49. The number of ether oxygens (including phenoxy) is 2. The molecule has 3 aromatic carbocycles. The first kappa shape index (κ1) is 57.3. The van der Waals surface area contributed by atoms with Crippen molar-refractivity contribution < 1.29 is 34.4 Å². The summed E-state index contributed by atoms with van der Waals surface area (Å²) in [6, 6.07) is 23.6. The molecule has 0 aliphatic carbocycles. The van der Waals surface area contributed by atoms with Gasteiger partial charge >= 0.3 is 0 Å². The van der Waals surface area contributed by atoms with Gasteiger partial charge in [-0.25, -0.2) is 0 Å². The largest absolute Gasteiger partial charge is 0.493 e. The predicted octanol–water partition coefficient (Wildman–Crippen LogP) is 14.7. The standard InChI is InChI=1S/C60H90O7/c1-5-7-9-11-13-15-17-19-21-23-25-27-29-31-39-47-53(61)57(63)60(65,55(62)49-40-32-30-28-26-24-22-20-18-16-14-12-10-8-6-2)58(64)59(50-42-35-33-36-43-50,51-44-37-34-38-45-51)52-46-41-48-54(66-3)56(52)67-4/h19-22,33-38,41-46,48,57-58,63-65H,5-18,23-32,39-40,47,49H2,1-4H3. The van der Waals surface area contributed by atoms with E-state index in [1.54, 1.807) is 18.2 Å². The van der Waals surface area contributed by atoms with Crippen molar-refractivity contribution in [3.8, 4) is 11.5 Å². The molecular formula is C60H90O7. The van der Waals surface area contributed by atoms with Crippen molar-refractivity contribution in [3.05, 3.63) is 120 Å². The van der Waals surface area contributed by atoms with Gasteiger partial charge < -0.3 is 24.8 Å². The number of allylic oxidation sites excluding steroid dienone is 4. The molecule has 67 heavy (non-hydrogen) atoms. The summed E-state index contributed by atoms with van der Waals surface area (Å²) in [4.78, 5) is 29.0. The second-order valence-electron chi connectivity index (χ2n) is 18.8. The number of hydrogen-bond donors (Lipinski definition) is 3. The van der Waals surface area contributed by atoms with Crippen molar-refractivity contribution in [2.45, 2.75) is 217 Å². The topological polar surface area (TPSA) is 113 Å². The molecule has 7 heteroatoms. The van der Waals surface area contributed by atoms with E-state index in [1.807, 2.05) is 60.7 Å². The van der Waals surface area contributed by atoms with Crippen LogP contribution in [0.2, 0.25) is 0 Å². The van der Waals surface area contributed by atoms with Gasteiger partial charge in [0.2, 0.25) is 0 Å². The second kappa shape index (κ2) is 34.3. The van der Waals surface area contributed by atoms with E-state index >= 15 is 0 Å². The first-order chi connectivity index (χ1) is 32.7. The summed E-state index contributed by atoms with van der Waals surface area (Å²) in [5.74, 6) is -0.754. The quantitative estimate of drug-likeness (QED) is 0.0296. The fourth-order valence-electron chi connectivity index (χ4n) is 9.63. The Morgan fingerprint density at radius 1 is 0.507 bits per heavy atom. The number of carbonyl (C=O) groups excluding carboxylic acids is 2. The first-order valence-corrected chi connectivity index (χ1v) is 26.5. The lowest BCUT2D eigenvalue weighted by Gasteiger charge is -2.47. The van der Waals surface area contributed by atoms with Gasteiger partial charge in [0.15, 0.2) is 34.8 Å². The summed E-state index contributed by atoms with van der Waals surface area (Å²) in [5, 5.41) is 38.5. The normalized spacial score (nSPS) is 13.8. The second-order valence-corrected chi connectivity index (χ2v) is 18.8. The molecule has 0 heterocycles. The number of hydrogen-bond acceptors (Lipinski definition) is 7. The highest BCUT2D eigenvalue weighted by Gasteiger charge is 2.61. The van der Waals surface area contributed by atoms with E-state index in [0.29, 0.717) is 35.3 Å². The van der Waals surface area contributed by atoms with Crippen LogP contribution in [0.25, 0.3) is 0 Å². The number of aliphatic hydroxyl groups is 3. The molecule has 0 fully saturated rings. The van der Waals surface area contributed by atoms with Crippen molar-refractivity contribution in [1.82, 2.24) is 0 Å². The number of rotatable bonds is 40. The zero-order valence-corrected chi connectivity index (χ0v) is 42.2. The molecular weight excluding hydrogens is 833 g/mol. The number of para-hydroxylation sites is 1. The third kappa shape index (κ3) is 18.4. The lowest BCUT2D eigenvalue weighted by molar-refractivity contribution is -0.183. The predicted molar refractivity (Wildman–Crippen MR) is 278 cm³/mol. The smallest absolute Gasteiger partial charge is 0.183 e. The van der Waals surface area contributed by atoms with Gasteiger partial charge in [0, 0.05) is 18.4 Å². The summed E-state index contributed by atoms with van der Waals surface area (Å²) in [7, 11) is 3.03. The summed E-state index contributed by atoms with van der Waals surface area (Å²) in [5.41, 5.74) is -3.14. The monoisotopic (exact) mass is 923 g/mol. The molecule has 0 aliphatic heterocycles. The van der Waals surface area contributed by atoms with Crippen LogP contribution in [0, 0.1) is 0 Å². The molecule has 3 N–H and O–H groups in total. The summed E-state index contributed by atoms with van der Waals surface area (Å²) >= 11 is 0. The van der Waals surface area contributed by atoms with Crippen LogP contribution in [0.4, 0.5) is 0 Å². The SMILES string of the molecule is CCCCCCCCC=CCCCCCCCC(=O)C(O)C(O)(C(=O)CCCCCCCC=CCCCCCCCC)C(O)C(c1ccccc1)(c1ccccc1)c1cccc(OC)c1OC. The molecule has 0 saturated heterocycles. The minimum atomic E-state index is -2.89. The highest BCUT2D eigenvalue weighted by Crippen LogP contribution is 2.51. The molecule has 0 amide bonds. The van der Waals surface area contributed by atoms with Crippen LogP contribution >= 0.6 is 0 Å². The molecule has 0 bridgehead atoms. The Kier molecular flexibility index (Phi) is 29.3. The zero-order valence-electron chi connectivity index (χ0n) is 42.2. The Morgan fingerprint density at radius 3 is 1.33 bits per heavy atom. The lowest BCUT2D eigenvalue weighted by Crippen LogP contribution is -2.67. The maximum atomic E-state index is 14.8. The number of ketones is 2. The fraction of sp³-hybridized carbons (Fsp3) is 0.600. The number of methoxy groups -OCH3 is 2. The third-order valence-corrected chi connectivity index (χ3v) is 13.6. The fourth-order valence-corrected chi connectivity index (χ4v) is 9.63. The number of unbranched alkanes of at least 4 members (excludes halogenated alkanes) is 22. The molecule has 0 radical (unpaired) electrons. The first-order valence-electron chi connectivity index (χ1n) is 26.5. The van der Waals surface area contributed by atoms with Crippen molar-refractivity contribution >= 4 is 11.6 Å². The highest BCUT2D eigenvalue weighted by atomic mass is 16.5. The van der Waals surface area contributed by atoms with Gasteiger partial charge in [0.05, 0.1) is 19.6 Å². The molecule has 3 rings (SSSR count). The van der Waals surface area contributed by atoms with Crippen molar-refractivity contribution in [3.63, 3.8) is 0 Å². The van der Waals surface area contributed by atoms with E-state index in [0.717, 1.165) is 77.0 Å². The molecule has 3 unspecified atom stereocenters. The molecule has 0 spiro atoms. The molecule has 3 aromatic rings. The Hall–Kier alpha value is -4.04. The van der Waals surface area contributed by atoms with Crippen LogP contribution < -0.4 is 9.47 Å². The van der Waals surface area contributed by atoms with Crippen LogP contribution in [0.15, 0.2) is 103 Å². The average molecular weight is 923 g/mol. The van der Waals surface area contributed by atoms with E-state index in [1.165, 1.54) is 91.3 Å². The van der Waals surface area contributed by atoms with Gasteiger partial charge in [0.1, 0.15) is 6.10 Å². The van der Waals surface area contributed by atoms with Gasteiger partial charge in [-0.05, 0) is 81.4 Å². The van der Waals surface area contributed by atoms with Crippen LogP contribution in [0.1, 0.15) is 210 Å². The summed E-state index contributed by atoms with van der Waals surface area (Å²) in [6.07, 6.45) is 33.3. The molecule has 3 atom stereocenters. The highest BCUT2D eigenvalue weighted by molar-refractivity contribution is 5.97. The minimum absolute atomic E-state index is 0.0266. The van der Waals surface area contributed by atoms with Gasteiger partial charge in [-0.2, -0.15) is 0 Å². The molecule has 0 aromatic heterocycles. The summed E-state index contributed by atoms with van der Waals surface area (Å²) < 4.78 is 11.8. The van der Waals surface area contributed by atoms with Crippen LogP contribution in [0.3, 0.4) is 0 Å². The number of Topliss-reactive ketones (excluding diaryl/α,β-unsaturated/α-hetero) is 2. The molecule has 372 valence electrons. The van der Waals surface area contributed by atoms with E-state index < -0.39 is 34.8 Å². The Bertz CT molecular complexity index is 1760. The maximum absolute atomic E-state index is 14.8. The van der Waals surface area contributed by atoms with Gasteiger partial charge in [-0.3, -0.25) is 9.59 Å². The molecule has 7 nitrogen and oxygen atoms in total.